The summed E-state index contributed by atoms with van der Waals surface area (Å²) in [6, 6.07) is 15.9. The SMILES string of the molecule is C[C@H](NC(=O)[C@@H]1CC(Cc2cccc(F)c2)=NO1)c1cnn(-c2ccccc2)c1. The number of hydrogen-bond acceptors (Lipinski definition) is 4. The summed E-state index contributed by atoms with van der Waals surface area (Å²) in [4.78, 5) is 17.9. The maximum absolute atomic E-state index is 13.3. The second-order valence-electron chi connectivity index (χ2n) is 7.05. The van der Waals surface area contributed by atoms with E-state index in [0.717, 1.165) is 22.5 Å². The molecule has 2 heterocycles. The summed E-state index contributed by atoms with van der Waals surface area (Å²) < 4.78 is 15.1. The molecular weight excluding hydrogens is 371 g/mol. The van der Waals surface area contributed by atoms with Crippen LogP contribution in [0.3, 0.4) is 0 Å². The molecule has 0 radical (unpaired) electrons. The van der Waals surface area contributed by atoms with Gasteiger partial charge in [0.15, 0.2) is 0 Å². The van der Waals surface area contributed by atoms with Crippen LogP contribution in [0.2, 0.25) is 0 Å². The lowest BCUT2D eigenvalue weighted by Crippen LogP contribution is -2.36. The van der Waals surface area contributed by atoms with Gasteiger partial charge in [0.2, 0.25) is 6.10 Å². The minimum Gasteiger partial charge on any atom is -0.382 e. The Hall–Kier alpha value is -3.48. The van der Waals surface area contributed by atoms with Crippen LogP contribution in [0.1, 0.15) is 30.5 Å². The summed E-state index contributed by atoms with van der Waals surface area (Å²) in [7, 11) is 0. The molecule has 4 rings (SSSR count). The Morgan fingerprint density at radius 1 is 1.28 bits per heavy atom. The van der Waals surface area contributed by atoms with Crippen LogP contribution in [0.25, 0.3) is 5.69 Å². The van der Waals surface area contributed by atoms with Gasteiger partial charge in [0.1, 0.15) is 5.82 Å². The van der Waals surface area contributed by atoms with Gasteiger partial charge < -0.3 is 10.2 Å². The Kier molecular flexibility index (Phi) is 5.37. The first kappa shape index (κ1) is 18.9. The summed E-state index contributed by atoms with van der Waals surface area (Å²) in [6.45, 7) is 1.90. The lowest BCUT2D eigenvalue weighted by atomic mass is 10.0. The van der Waals surface area contributed by atoms with E-state index in [4.69, 9.17) is 4.84 Å². The Balaban J connectivity index is 1.32. The highest BCUT2D eigenvalue weighted by atomic mass is 19.1. The minimum atomic E-state index is -0.676. The molecule has 1 amide bonds. The second-order valence-corrected chi connectivity index (χ2v) is 7.05. The molecule has 2 atom stereocenters. The first-order chi connectivity index (χ1) is 14.1. The molecule has 1 N–H and O–H groups in total. The third-order valence-corrected chi connectivity index (χ3v) is 4.80. The zero-order valence-electron chi connectivity index (χ0n) is 16.0. The molecule has 0 bridgehead atoms. The third kappa shape index (κ3) is 4.51. The maximum Gasteiger partial charge on any atom is 0.264 e. The van der Waals surface area contributed by atoms with Gasteiger partial charge in [-0.2, -0.15) is 5.10 Å². The van der Waals surface area contributed by atoms with Crippen molar-refractivity contribution in [1.29, 1.82) is 0 Å². The van der Waals surface area contributed by atoms with Gasteiger partial charge in [-0.3, -0.25) is 4.79 Å². The molecule has 1 aliphatic heterocycles. The van der Waals surface area contributed by atoms with E-state index in [1.165, 1.54) is 12.1 Å². The van der Waals surface area contributed by atoms with E-state index in [9.17, 15) is 9.18 Å². The Morgan fingerprint density at radius 2 is 2.10 bits per heavy atom. The van der Waals surface area contributed by atoms with Gasteiger partial charge in [0, 0.05) is 24.6 Å². The van der Waals surface area contributed by atoms with Gasteiger partial charge >= 0.3 is 0 Å². The number of amides is 1. The Bertz CT molecular complexity index is 1030. The summed E-state index contributed by atoms with van der Waals surface area (Å²) in [6.07, 6.45) is 3.80. The number of nitrogens with one attached hydrogen (secondary N) is 1. The number of aromatic nitrogens is 2. The minimum absolute atomic E-state index is 0.226. The maximum atomic E-state index is 13.3. The van der Waals surface area contributed by atoms with Gasteiger partial charge in [-0.1, -0.05) is 35.5 Å². The van der Waals surface area contributed by atoms with Crippen molar-refractivity contribution in [3.8, 4) is 5.69 Å². The van der Waals surface area contributed by atoms with E-state index in [2.05, 4.69) is 15.6 Å². The third-order valence-electron chi connectivity index (χ3n) is 4.80. The molecule has 0 saturated carbocycles. The molecule has 0 saturated heterocycles. The average molecular weight is 392 g/mol. The number of rotatable bonds is 6. The lowest BCUT2D eigenvalue weighted by Gasteiger charge is -2.14. The van der Waals surface area contributed by atoms with E-state index in [1.807, 2.05) is 49.5 Å². The fraction of sp³-hybridized carbons (Fsp3) is 0.227. The predicted octanol–water partition coefficient (Wildman–Crippen LogP) is 3.58. The molecule has 1 aromatic heterocycles. The molecule has 0 unspecified atom stereocenters. The van der Waals surface area contributed by atoms with Gasteiger partial charge in [0.25, 0.3) is 5.91 Å². The van der Waals surface area contributed by atoms with Crippen LogP contribution < -0.4 is 5.32 Å². The fourth-order valence-electron chi connectivity index (χ4n) is 3.23. The van der Waals surface area contributed by atoms with Crippen LogP contribution in [-0.2, 0) is 16.1 Å². The van der Waals surface area contributed by atoms with Crippen LogP contribution in [0.5, 0.6) is 0 Å². The number of carbonyl (C=O) groups excluding carboxylic acids is 1. The number of oxime groups is 1. The standard InChI is InChI=1S/C22H21FN4O2/c1-15(17-13-24-27(14-17)20-8-3-2-4-9-20)25-22(28)21-12-19(26-29-21)11-16-6-5-7-18(23)10-16/h2-10,13-15,21H,11-12H2,1H3,(H,25,28)/t15-,21-/m0/s1. The fourth-order valence-corrected chi connectivity index (χ4v) is 3.23. The Labute approximate surface area is 168 Å². The lowest BCUT2D eigenvalue weighted by molar-refractivity contribution is -0.131. The van der Waals surface area contributed by atoms with Crippen molar-refractivity contribution < 1.29 is 14.0 Å². The quantitative estimate of drug-likeness (QED) is 0.697. The van der Waals surface area contributed by atoms with Crippen LogP contribution in [-0.4, -0.2) is 27.5 Å². The molecule has 148 valence electrons. The molecule has 29 heavy (non-hydrogen) atoms. The summed E-state index contributed by atoms with van der Waals surface area (Å²) >= 11 is 0. The zero-order valence-corrected chi connectivity index (χ0v) is 16.0. The summed E-state index contributed by atoms with van der Waals surface area (Å²) in [5, 5.41) is 11.3. The first-order valence-corrected chi connectivity index (χ1v) is 9.45. The molecular formula is C22H21FN4O2. The van der Waals surface area contributed by atoms with Crippen molar-refractivity contribution in [3.63, 3.8) is 0 Å². The van der Waals surface area contributed by atoms with Gasteiger partial charge in [-0.25, -0.2) is 9.07 Å². The number of para-hydroxylation sites is 1. The molecule has 1 aliphatic rings. The van der Waals surface area contributed by atoms with Crippen molar-refractivity contribution in [1.82, 2.24) is 15.1 Å². The van der Waals surface area contributed by atoms with E-state index in [0.29, 0.717) is 12.8 Å². The van der Waals surface area contributed by atoms with E-state index >= 15 is 0 Å². The largest absolute Gasteiger partial charge is 0.382 e. The normalized spacial score (nSPS) is 16.8. The van der Waals surface area contributed by atoms with Gasteiger partial charge in [-0.15, -0.1) is 0 Å². The van der Waals surface area contributed by atoms with Crippen molar-refractivity contribution in [3.05, 3.63) is 83.9 Å². The van der Waals surface area contributed by atoms with Crippen molar-refractivity contribution in [2.75, 3.05) is 0 Å². The zero-order chi connectivity index (χ0) is 20.2. The van der Waals surface area contributed by atoms with Gasteiger partial charge in [0.05, 0.1) is 23.6 Å². The van der Waals surface area contributed by atoms with E-state index in [-0.39, 0.29) is 17.8 Å². The first-order valence-electron chi connectivity index (χ1n) is 9.45. The monoisotopic (exact) mass is 392 g/mol. The highest BCUT2D eigenvalue weighted by molar-refractivity contribution is 5.94. The van der Waals surface area contributed by atoms with Gasteiger partial charge in [-0.05, 0) is 36.8 Å². The average Bonchev–Trinajstić information content (AvgIpc) is 3.39. The smallest absolute Gasteiger partial charge is 0.264 e. The predicted molar refractivity (Wildman–Crippen MR) is 107 cm³/mol. The number of benzene rings is 2. The topological polar surface area (TPSA) is 68.5 Å². The summed E-state index contributed by atoms with van der Waals surface area (Å²) in [5.41, 5.74) is 3.36. The molecule has 7 heteroatoms. The molecule has 2 aromatic carbocycles. The highest BCUT2D eigenvalue weighted by Crippen LogP contribution is 2.18. The van der Waals surface area contributed by atoms with E-state index in [1.54, 1.807) is 16.9 Å². The molecule has 0 aliphatic carbocycles. The highest BCUT2D eigenvalue weighted by Gasteiger charge is 2.29. The molecule has 0 fully saturated rings. The Morgan fingerprint density at radius 3 is 2.90 bits per heavy atom. The number of carbonyl (C=O) groups is 1. The molecule has 3 aromatic rings. The van der Waals surface area contributed by atoms with Crippen LogP contribution in [0, 0.1) is 5.82 Å². The van der Waals surface area contributed by atoms with Crippen molar-refractivity contribution in [2.45, 2.75) is 31.9 Å². The molecule has 6 nitrogen and oxygen atoms in total. The van der Waals surface area contributed by atoms with E-state index < -0.39 is 6.10 Å². The van der Waals surface area contributed by atoms with Crippen LogP contribution in [0.15, 0.2) is 72.1 Å². The van der Waals surface area contributed by atoms with Crippen LogP contribution >= 0.6 is 0 Å². The molecule has 0 spiro atoms. The number of nitrogens with zero attached hydrogens (tertiary/aromatic N) is 3. The second kappa shape index (κ2) is 8.26. The number of halogens is 1. The van der Waals surface area contributed by atoms with Crippen LogP contribution in [0.4, 0.5) is 4.39 Å². The number of hydrogen-bond donors (Lipinski definition) is 1. The van der Waals surface area contributed by atoms with Crippen molar-refractivity contribution in [2.24, 2.45) is 5.16 Å². The summed E-state index contributed by atoms with van der Waals surface area (Å²) in [5.74, 6) is -0.524. The van der Waals surface area contributed by atoms with Crippen molar-refractivity contribution >= 4 is 11.6 Å².